The van der Waals surface area contributed by atoms with Crippen LogP contribution >= 0.6 is 0 Å². The van der Waals surface area contributed by atoms with Crippen molar-refractivity contribution in [2.75, 3.05) is 32.1 Å². The lowest BCUT2D eigenvalue weighted by Gasteiger charge is -2.38. The molecule has 10 heteroatoms. The SMILES string of the molecule is COc1cc2ncnc(Nc3ccc(F)c(C)c3F)c2cc1O[C@H]1CC[C@@H](N2CCNC(=O)C2)CC1. The number of methoxy groups -OCH3 is 1. The fourth-order valence-corrected chi connectivity index (χ4v) is 4.98. The zero-order chi connectivity index (χ0) is 25.2. The van der Waals surface area contributed by atoms with Crippen molar-refractivity contribution in [1.29, 1.82) is 0 Å². The monoisotopic (exact) mass is 497 g/mol. The fourth-order valence-electron chi connectivity index (χ4n) is 4.98. The second-order valence-electron chi connectivity index (χ2n) is 9.27. The van der Waals surface area contributed by atoms with Crippen molar-refractivity contribution in [3.05, 3.63) is 47.8 Å². The maximum Gasteiger partial charge on any atom is 0.234 e. The Morgan fingerprint density at radius 3 is 2.67 bits per heavy atom. The van der Waals surface area contributed by atoms with Gasteiger partial charge in [0.05, 0.1) is 31.0 Å². The molecule has 0 bridgehead atoms. The Morgan fingerprint density at radius 1 is 1.11 bits per heavy atom. The van der Waals surface area contributed by atoms with Crippen molar-refractivity contribution < 1.29 is 23.0 Å². The van der Waals surface area contributed by atoms with E-state index >= 15 is 0 Å². The van der Waals surface area contributed by atoms with Gasteiger partial charge in [-0.25, -0.2) is 18.7 Å². The number of benzene rings is 2. The number of piperazine rings is 1. The molecule has 0 radical (unpaired) electrons. The molecule has 5 rings (SSSR count). The minimum absolute atomic E-state index is 0.00412. The zero-order valence-corrected chi connectivity index (χ0v) is 20.3. The topological polar surface area (TPSA) is 88.6 Å². The smallest absolute Gasteiger partial charge is 0.234 e. The first-order valence-electron chi connectivity index (χ1n) is 12.1. The normalized spacial score (nSPS) is 20.7. The van der Waals surface area contributed by atoms with Crippen LogP contribution in [0.15, 0.2) is 30.6 Å². The molecular weight excluding hydrogens is 468 g/mol. The van der Waals surface area contributed by atoms with Gasteiger partial charge in [0.2, 0.25) is 5.91 Å². The highest BCUT2D eigenvalue weighted by Gasteiger charge is 2.30. The van der Waals surface area contributed by atoms with Crippen LogP contribution in [0.25, 0.3) is 10.9 Å². The van der Waals surface area contributed by atoms with E-state index in [-0.39, 0.29) is 23.3 Å². The van der Waals surface area contributed by atoms with Gasteiger partial charge in [-0.2, -0.15) is 0 Å². The van der Waals surface area contributed by atoms with Gasteiger partial charge in [-0.3, -0.25) is 9.69 Å². The van der Waals surface area contributed by atoms with E-state index in [4.69, 9.17) is 9.47 Å². The largest absolute Gasteiger partial charge is 0.493 e. The third kappa shape index (κ3) is 4.90. The molecule has 1 saturated carbocycles. The number of hydrogen-bond acceptors (Lipinski definition) is 7. The second kappa shape index (κ2) is 10.2. The number of nitrogens with zero attached hydrogens (tertiary/aromatic N) is 3. The summed E-state index contributed by atoms with van der Waals surface area (Å²) in [6.45, 7) is 3.42. The second-order valence-corrected chi connectivity index (χ2v) is 9.27. The van der Waals surface area contributed by atoms with Gasteiger partial charge in [-0.1, -0.05) is 0 Å². The Bertz CT molecular complexity index is 1280. The summed E-state index contributed by atoms with van der Waals surface area (Å²) in [4.78, 5) is 22.6. The van der Waals surface area contributed by atoms with Gasteiger partial charge in [0.1, 0.15) is 18.0 Å². The van der Waals surface area contributed by atoms with Crippen molar-refractivity contribution in [2.45, 2.75) is 44.8 Å². The van der Waals surface area contributed by atoms with Gasteiger partial charge in [-0.05, 0) is 50.8 Å². The van der Waals surface area contributed by atoms with Crippen LogP contribution in [-0.4, -0.2) is 59.7 Å². The molecular formula is C26H29F2N5O3. The molecule has 0 unspecified atom stereocenters. The molecule has 36 heavy (non-hydrogen) atoms. The minimum atomic E-state index is -0.672. The molecule has 1 amide bonds. The van der Waals surface area contributed by atoms with E-state index in [1.165, 1.54) is 25.4 Å². The predicted molar refractivity (Wildman–Crippen MR) is 132 cm³/mol. The number of ether oxygens (including phenoxy) is 2. The predicted octanol–water partition coefficient (Wildman–Crippen LogP) is 4.09. The molecule has 2 heterocycles. The van der Waals surface area contributed by atoms with E-state index in [1.54, 1.807) is 19.2 Å². The van der Waals surface area contributed by atoms with Crippen LogP contribution in [0, 0.1) is 18.6 Å². The lowest BCUT2D eigenvalue weighted by Crippen LogP contribution is -2.52. The van der Waals surface area contributed by atoms with E-state index in [0.717, 1.165) is 32.2 Å². The summed E-state index contributed by atoms with van der Waals surface area (Å²) in [6, 6.07) is 6.51. The number of rotatable bonds is 6. The lowest BCUT2D eigenvalue weighted by molar-refractivity contribution is -0.125. The molecule has 1 aliphatic carbocycles. The van der Waals surface area contributed by atoms with E-state index in [2.05, 4.69) is 25.5 Å². The van der Waals surface area contributed by atoms with Crippen LogP contribution in [0.3, 0.4) is 0 Å². The summed E-state index contributed by atoms with van der Waals surface area (Å²) in [6.07, 6.45) is 5.01. The first kappa shape index (κ1) is 24.2. The summed E-state index contributed by atoms with van der Waals surface area (Å²) >= 11 is 0. The Kier molecular flexibility index (Phi) is 6.86. The summed E-state index contributed by atoms with van der Waals surface area (Å²) in [5, 5.41) is 6.47. The molecule has 8 nitrogen and oxygen atoms in total. The van der Waals surface area contributed by atoms with Gasteiger partial charge in [0, 0.05) is 36.1 Å². The number of hydrogen-bond donors (Lipinski definition) is 2. The van der Waals surface area contributed by atoms with Crippen LogP contribution < -0.4 is 20.1 Å². The molecule has 1 aliphatic heterocycles. The summed E-state index contributed by atoms with van der Waals surface area (Å²) in [5.74, 6) is 0.288. The average molecular weight is 498 g/mol. The number of carbonyl (C=O) groups is 1. The van der Waals surface area contributed by atoms with Crippen LogP contribution in [0.2, 0.25) is 0 Å². The van der Waals surface area contributed by atoms with Crippen LogP contribution in [0.1, 0.15) is 31.2 Å². The quantitative estimate of drug-likeness (QED) is 0.530. The molecule has 1 aromatic heterocycles. The number of aromatic nitrogens is 2. The van der Waals surface area contributed by atoms with Crippen molar-refractivity contribution in [1.82, 2.24) is 20.2 Å². The Hall–Kier alpha value is -3.53. The van der Waals surface area contributed by atoms with Crippen molar-refractivity contribution in [2.24, 2.45) is 0 Å². The van der Waals surface area contributed by atoms with Crippen molar-refractivity contribution in [3.8, 4) is 11.5 Å². The van der Waals surface area contributed by atoms with Gasteiger partial charge in [0.25, 0.3) is 0 Å². The minimum Gasteiger partial charge on any atom is -0.493 e. The summed E-state index contributed by atoms with van der Waals surface area (Å²) in [5.41, 5.74) is 0.657. The fraction of sp³-hybridized carbons (Fsp3) is 0.423. The Morgan fingerprint density at radius 2 is 1.92 bits per heavy atom. The van der Waals surface area contributed by atoms with Crippen molar-refractivity contribution in [3.63, 3.8) is 0 Å². The molecule has 2 N–H and O–H groups in total. The third-order valence-corrected chi connectivity index (χ3v) is 7.02. The molecule has 0 spiro atoms. The van der Waals surface area contributed by atoms with E-state index in [0.29, 0.717) is 47.4 Å². The molecule has 3 aromatic rings. The third-order valence-electron chi connectivity index (χ3n) is 7.02. The van der Waals surface area contributed by atoms with E-state index < -0.39 is 11.6 Å². The van der Waals surface area contributed by atoms with Gasteiger partial charge in [0.15, 0.2) is 17.3 Å². The van der Waals surface area contributed by atoms with Gasteiger partial charge in [-0.15, -0.1) is 0 Å². The molecule has 2 aliphatic rings. The zero-order valence-electron chi connectivity index (χ0n) is 20.3. The maximum absolute atomic E-state index is 14.6. The molecule has 0 atom stereocenters. The number of carbonyl (C=O) groups excluding carboxylic acids is 1. The first-order valence-corrected chi connectivity index (χ1v) is 12.1. The van der Waals surface area contributed by atoms with E-state index in [9.17, 15) is 13.6 Å². The highest BCUT2D eigenvalue weighted by Crippen LogP contribution is 2.37. The van der Waals surface area contributed by atoms with Crippen LogP contribution in [-0.2, 0) is 4.79 Å². The standard InChI is InChI=1S/C26H29F2N5O3/c1-15-19(27)7-8-20(25(15)28)32-26-18-11-23(22(35-2)12-21(18)30-14-31-26)36-17-5-3-16(4-6-17)33-10-9-29-24(34)13-33/h7-8,11-12,14,16-17H,3-6,9-10,13H2,1-2H3,(H,29,34)(H,30,31,32)/t16-,17+. The average Bonchev–Trinajstić information content (AvgIpc) is 2.89. The Labute approximate surface area is 208 Å². The molecule has 2 aromatic carbocycles. The highest BCUT2D eigenvalue weighted by molar-refractivity contribution is 5.93. The molecule has 2 fully saturated rings. The molecule has 1 saturated heterocycles. The lowest BCUT2D eigenvalue weighted by atomic mass is 9.91. The highest BCUT2D eigenvalue weighted by atomic mass is 19.1. The number of fused-ring (bicyclic) bond motifs is 1. The van der Waals surface area contributed by atoms with Crippen LogP contribution in [0.5, 0.6) is 11.5 Å². The first-order chi connectivity index (χ1) is 17.4. The summed E-state index contributed by atoms with van der Waals surface area (Å²) in [7, 11) is 1.57. The number of anilines is 2. The summed E-state index contributed by atoms with van der Waals surface area (Å²) < 4.78 is 40.3. The van der Waals surface area contributed by atoms with Crippen LogP contribution in [0.4, 0.5) is 20.3 Å². The number of halogens is 2. The number of nitrogens with one attached hydrogen (secondary N) is 2. The molecule has 190 valence electrons. The van der Waals surface area contributed by atoms with Crippen molar-refractivity contribution >= 4 is 28.3 Å². The maximum atomic E-state index is 14.6. The Balaban J connectivity index is 1.35. The van der Waals surface area contributed by atoms with E-state index in [1.807, 2.05) is 0 Å². The van der Waals surface area contributed by atoms with Gasteiger partial charge >= 0.3 is 0 Å². The number of amides is 1. The van der Waals surface area contributed by atoms with Gasteiger partial charge < -0.3 is 20.1 Å².